The van der Waals surface area contributed by atoms with Crippen molar-refractivity contribution in [1.29, 1.82) is 0 Å². The molecule has 0 aliphatic carbocycles. The minimum absolute atomic E-state index is 0.287. The first-order valence-corrected chi connectivity index (χ1v) is 11.1. The fraction of sp³-hybridized carbons (Fsp3) is 0.214. The van der Waals surface area contributed by atoms with E-state index in [1.54, 1.807) is 24.3 Å². The van der Waals surface area contributed by atoms with Crippen LogP contribution in [0.4, 0.5) is 11.4 Å². The van der Waals surface area contributed by atoms with Crippen molar-refractivity contribution in [1.82, 2.24) is 0 Å². The van der Waals surface area contributed by atoms with Crippen LogP contribution in [0.2, 0.25) is 0 Å². The van der Waals surface area contributed by atoms with E-state index < -0.39 is 0 Å². The number of amides is 2. The molecule has 4 rings (SSSR count). The lowest BCUT2D eigenvalue weighted by Gasteiger charge is -2.16. The smallest absolute Gasteiger partial charge is 0.282 e. The quantitative estimate of drug-likeness (QED) is 0.499. The second kappa shape index (κ2) is 8.94. The molecule has 5 heteroatoms. The Balaban J connectivity index is 1.83. The molecule has 0 bridgehead atoms. The number of hydrogen-bond acceptors (Lipinski definition) is 4. The van der Waals surface area contributed by atoms with E-state index in [1.165, 1.54) is 4.90 Å². The highest BCUT2D eigenvalue weighted by Crippen LogP contribution is 2.36. The Kier molecular flexibility index (Phi) is 6.05. The molecule has 0 spiro atoms. The van der Waals surface area contributed by atoms with Crippen LogP contribution in [-0.4, -0.2) is 18.4 Å². The number of benzene rings is 3. The Hall–Kier alpha value is -3.86. The summed E-state index contributed by atoms with van der Waals surface area (Å²) in [5, 5.41) is 3.29. The largest absolute Gasteiger partial charge is 0.494 e. The Morgan fingerprint density at radius 3 is 2.24 bits per heavy atom. The molecule has 3 aromatic carbocycles. The van der Waals surface area contributed by atoms with Crippen molar-refractivity contribution >= 4 is 28.8 Å². The second-order valence-corrected chi connectivity index (χ2v) is 8.31. The van der Waals surface area contributed by atoms with Crippen molar-refractivity contribution < 1.29 is 14.3 Å². The Labute approximate surface area is 194 Å². The first-order chi connectivity index (χ1) is 15.8. The van der Waals surface area contributed by atoms with Crippen LogP contribution in [0, 0.1) is 27.7 Å². The number of hydrogen-bond donors (Lipinski definition) is 1. The van der Waals surface area contributed by atoms with Crippen molar-refractivity contribution in [2.24, 2.45) is 0 Å². The lowest BCUT2D eigenvalue weighted by molar-refractivity contribution is -0.120. The number of anilines is 2. The van der Waals surface area contributed by atoms with Gasteiger partial charge in [0.15, 0.2) is 0 Å². The van der Waals surface area contributed by atoms with Gasteiger partial charge in [-0.2, -0.15) is 0 Å². The van der Waals surface area contributed by atoms with Crippen molar-refractivity contribution in [2.75, 3.05) is 16.8 Å². The molecule has 0 unspecified atom stereocenters. The first kappa shape index (κ1) is 22.3. The van der Waals surface area contributed by atoms with Crippen LogP contribution < -0.4 is 15.0 Å². The SMILES string of the molecule is CCOc1ccc(N2C(=O)C(Nc3cccc(C)c3C)=C(c3ccc(C)cc3C)C2=O)cc1. The molecule has 1 heterocycles. The molecule has 0 fully saturated rings. The van der Waals surface area contributed by atoms with E-state index in [4.69, 9.17) is 4.74 Å². The average molecular weight is 441 g/mol. The highest BCUT2D eigenvalue weighted by atomic mass is 16.5. The minimum Gasteiger partial charge on any atom is -0.494 e. The predicted molar refractivity (Wildman–Crippen MR) is 132 cm³/mol. The molecule has 5 nitrogen and oxygen atoms in total. The van der Waals surface area contributed by atoms with Crippen LogP contribution in [-0.2, 0) is 9.59 Å². The summed E-state index contributed by atoms with van der Waals surface area (Å²) in [6.45, 7) is 10.4. The van der Waals surface area contributed by atoms with Gasteiger partial charge in [0.05, 0.1) is 17.9 Å². The fourth-order valence-electron chi connectivity index (χ4n) is 4.10. The summed E-state index contributed by atoms with van der Waals surface area (Å²) in [5.41, 5.74) is 6.91. The molecule has 1 aliphatic heterocycles. The average Bonchev–Trinajstić information content (AvgIpc) is 3.02. The molecule has 0 atom stereocenters. The Morgan fingerprint density at radius 1 is 0.848 bits per heavy atom. The zero-order valence-electron chi connectivity index (χ0n) is 19.7. The normalized spacial score (nSPS) is 13.7. The number of aryl methyl sites for hydroxylation is 3. The van der Waals surface area contributed by atoms with Crippen LogP contribution in [0.5, 0.6) is 5.75 Å². The van der Waals surface area contributed by atoms with Crippen LogP contribution in [0.25, 0.3) is 5.57 Å². The predicted octanol–water partition coefficient (Wildman–Crippen LogP) is 5.72. The molecule has 0 saturated heterocycles. The molecular weight excluding hydrogens is 412 g/mol. The van der Waals surface area contributed by atoms with Crippen molar-refractivity contribution in [3.63, 3.8) is 0 Å². The highest BCUT2D eigenvalue weighted by Gasteiger charge is 2.40. The summed E-state index contributed by atoms with van der Waals surface area (Å²) in [6.07, 6.45) is 0. The zero-order valence-corrected chi connectivity index (χ0v) is 19.7. The summed E-state index contributed by atoms with van der Waals surface area (Å²) >= 11 is 0. The van der Waals surface area contributed by atoms with E-state index >= 15 is 0 Å². The number of carbonyl (C=O) groups is 2. The monoisotopic (exact) mass is 440 g/mol. The van der Waals surface area contributed by atoms with E-state index in [-0.39, 0.29) is 17.5 Å². The first-order valence-electron chi connectivity index (χ1n) is 11.1. The Morgan fingerprint density at radius 2 is 1.58 bits per heavy atom. The van der Waals surface area contributed by atoms with Crippen LogP contribution in [0.1, 0.15) is 34.7 Å². The number of nitrogens with one attached hydrogen (secondary N) is 1. The third-order valence-electron chi connectivity index (χ3n) is 6.01. The van der Waals surface area contributed by atoms with Crippen LogP contribution >= 0.6 is 0 Å². The minimum atomic E-state index is -0.375. The lowest BCUT2D eigenvalue weighted by atomic mass is 9.97. The maximum Gasteiger partial charge on any atom is 0.282 e. The van der Waals surface area contributed by atoms with E-state index in [2.05, 4.69) is 5.32 Å². The standard InChI is InChI=1S/C28H28N2O3/c1-6-33-22-13-11-21(12-14-22)30-27(31)25(23-15-10-17(2)16-19(23)4)26(28(30)32)29-24-9-7-8-18(3)20(24)5/h7-16,29H,6H2,1-5H3. The Bertz CT molecular complexity index is 1270. The molecular formula is C28H28N2O3. The third-order valence-corrected chi connectivity index (χ3v) is 6.01. The maximum absolute atomic E-state index is 13.7. The van der Waals surface area contributed by atoms with E-state index in [0.29, 0.717) is 23.6 Å². The summed E-state index contributed by atoms with van der Waals surface area (Å²) in [6, 6.07) is 18.8. The molecule has 0 saturated carbocycles. The number of rotatable bonds is 6. The van der Waals surface area contributed by atoms with Gasteiger partial charge < -0.3 is 10.1 Å². The van der Waals surface area contributed by atoms with Gasteiger partial charge in [-0.3, -0.25) is 9.59 Å². The summed E-state index contributed by atoms with van der Waals surface area (Å²) in [5.74, 6) is -0.0272. The summed E-state index contributed by atoms with van der Waals surface area (Å²) in [7, 11) is 0. The molecule has 1 N–H and O–H groups in total. The third kappa shape index (κ3) is 4.14. The van der Waals surface area contributed by atoms with E-state index in [1.807, 2.05) is 71.0 Å². The van der Waals surface area contributed by atoms with Gasteiger partial charge in [0.1, 0.15) is 11.4 Å². The van der Waals surface area contributed by atoms with Gasteiger partial charge in [0, 0.05) is 5.69 Å². The van der Waals surface area contributed by atoms with Gasteiger partial charge in [0.2, 0.25) is 0 Å². The van der Waals surface area contributed by atoms with Gasteiger partial charge in [0.25, 0.3) is 11.8 Å². The number of imide groups is 1. The van der Waals surface area contributed by atoms with Crippen LogP contribution in [0.15, 0.2) is 66.4 Å². The van der Waals surface area contributed by atoms with Crippen molar-refractivity contribution in [3.05, 3.63) is 94.2 Å². The number of nitrogens with zero attached hydrogens (tertiary/aromatic N) is 1. The summed E-state index contributed by atoms with van der Waals surface area (Å²) < 4.78 is 5.51. The molecule has 168 valence electrons. The van der Waals surface area contributed by atoms with Gasteiger partial charge >= 0.3 is 0 Å². The molecule has 0 aromatic heterocycles. The number of ether oxygens (including phenoxy) is 1. The zero-order chi connectivity index (χ0) is 23.7. The van der Waals surface area contributed by atoms with Crippen molar-refractivity contribution in [3.8, 4) is 5.75 Å². The van der Waals surface area contributed by atoms with E-state index in [0.717, 1.165) is 33.5 Å². The molecule has 1 aliphatic rings. The van der Waals surface area contributed by atoms with Gasteiger partial charge in [-0.05, 0) is 87.2 Å². The lowest BCUT2D eigenvalue weighted by Crippen LogP contribution is -2.32. The maximum atomic E-state index is 13.7. The topological polar surface area (TPSA) is 58.6 Å². The molecule has 33 heavy (non-hydrogen) atoms. The van der Waals surface area contributed by atoms with Crippen molar-refractivity contribution in [2.45, 2.75) is 34.6 Å². The molecule has 2 amide bonds. The van der Waals surface area contributed by atoms with Gasteiger partial charge in [-0.25, -0.2) is 4.90 Å². The van der Waals surface area contributed by atoms with Gasteiger partial charge in [-0.1, -0.05) is 35.9 Å². The molecule has 3 aromatic rings. The van der Waals surface area contributed by atoms with E-state index in [9.17, 15) is 9.59 Å². The highest BCUT2D eigenvalue weighted by molar-refractivity contribution is 6.46. The van der Waals surface area contributed by atoms with Crippen LogP contribution in [0.3, 0.4) is 0 Å². The number of carbonyl (C=O) groups excluding carboxylic acids is 2. The van der Waals surface area contributed by atoms with Gasteiger partial charge in [-0.15, -0.1) is 0 Å². The summed E-state index contributed by atoms with van der Waals surface area (Å²) in [4.78, 5) is 28.6. The fourth-order valence-corrected chi connectivity index (χ4v) is 4.10. The second-order valence-electron chi connectivity index (χ2n) is 8.31. The molecule has 0 radical (unpaired) electrons.